The summed E-state index contributed by atoms with van der Waals surface area (Å²) in [5.41, 5.74) is 2.03. The Hall–Kier alpha value is -2.60. The van der Waals surface area contributed by atoms with Crippen molar-refractivity contribution in [1.29, 1.82) is 0 Å². The van der Waals surface area contributed by atoms with E-state index in [1.165, 1.54) is 0 Å². The third-order valence-electron chi connectivity index (χ3n) is 3.41. The van der Waals surface area contributed by atoms with Crippen LogP contribution in [0.3, 0.4) is 0 Å². The van der Waals surface area contributed by atoms with Crippen LogP contribution in [0.15, 0.2) is 71.3 Å². The van der Waals surface area contributed by atoms with Gasteiger partial charge in [0.2, 0.25) is 0 Å². The van der Waals surface area contributed by atoms with Crippen molar-refractivity contribution < 1.29 is 9.53 Å². The molecular formula is C18H16BrN3O2. The quantitative estimate of drug-likeness (QED) is 0.705. The number of hydrogen-bond donors (Lipinski definition) is 1. The van der Waals surface area contributed by atoms with Crippen molar-refractivity contribution in [1.82, 2.24) is 9.78 Å². The average molecular weight is 386 g/mol. The number of anilines is 1. The topological polar surface area (TPSA) is 56.2 Å². The number of halogens is 1. The molecule has 122 valence electrons. The molecule has 5 nitrogen and oxygen atoms in total. The Kier molecular flexibility index (Phi) is 5.28. The number of aromatic nitrogens is 2. The fraction of sp³-hybridized carbons (Fsp3) is 0.111. The first-order valence-electron chi connectivity index (χ1n) is 7.45. The number of rotatable bonds is 5. The van der Waals surface area contributed by atoms with Crippen LogP contribution in [0.25, 0.3) is 0 Å². The van der Waals surface area contributed by atoms with Gasteiger partial charge in [0, 0.05) is 10.5 Å². The van der Waals surface area contributed by atoms with Crippen molar-refractivity contribution >= 4 is 27.8 Å². The highest BCUT2D eigenvalue weighted by molar-refractivity contribution is 9.10. The molecule has 0 fully saturated rings. The molecule has 0 aliphatic rings. The van der Waals surface area contributed by atoms with Crippen molar-refractivity contribution in [2.24, 2.45) is 0 Å². The van der Waals surface area contributed by atoms with Gasteiger partial charge in [-0.2, -0.15) is 5.10 Å². The highest BCUT2D eigenvalue weighted by Gasteiger charge is 2.09. The summed E-state index contributed by atoms with van der Waals surface area (Å²) < 4.78 is 7.96. The van der Waals surface area contributed by atoms with Crippen molar-refractivity contribution in [2.45, 2.75) is 13.2 Å². The Labute approximate surface area is 148 Å². The van der Waals surface area contributed by atoms with Crippen LogP contribution in [0.5, 0.6) is 0 Å². The summed E-state index contributed by atoms with van der Waals surface area (Å²) in [5.74, 6) is 0.594. The summed E-state index contributed by atoms with van der Waals surface area (Å²) in [6.45, 7) is 0.794. The molecule has 3 rings (SSSR count). The molecule has 24 heavy (non-hydrogen) atoms. The number of carbonyl (C=O) groups is 1. The Morgan fingerprint density at radius 3 is 2.54 bits per heavy atom. The lowest BCUT2D eigenvalue weighted by molar-refractivity contribution is 0.155. The Morgan fingerprint density at radius 1 is 1.04 bits per heavy atom. The van der Waals surface area contributed by atoms with Gasteiger partial charge in [0.15, 0.2) is 0 Å². The molecule has 1 amide bonds. The van der Waals surface area contributed by atoms with E-state index < -0.39 is 6.09 Å². The first-order valence-corrected chi connectivity index (χ1v) is 8.24. The normalized spacial score (nSPS) is 10.4. The molecule has 0 saturated carbocycles. The predicted molar refractivity (Wildman–Crippen MR) is 95.7 cm³/mol. The number of ether oxygens (including phenoxy) is 1. The van der Waals surface area contributed by atoms with Crippen molar-refractivity contribution in [3.63, 3.8) is 0 Å². The summed E-state index contributed by atoms with van der Waals surface area (Å²) in [5, 5.41) is 6.96. The zero-order valence-electron chi connectivity index (χ0n) is 12.9. The Morgan fingerprint density at radius 2 is 1.79 bits per heavy atom. The van der Waals surface area contributed by atoms with Crippen molar-refractivity contribution in [3.05, 3.63) is 82.5 Å². The zero-order chi connectivity index (χ0) is 16.8. The zero-order valence-corrected chi connectivity index (χ0v) is 14.4. The molecule has 0 aliphatic heterocycles. The highest BCUT2D eigenvalue weighted by Crippen LogP contribution is 2.14. The van der Waals surface area contributed by atoms with Gasteiger partial charge in [-0.05, 0) is 23.3 Å². The van der Waals surface area contributed by atoms with Gasteiger partial charge < -0.3 is 4.74 Å². The van der Waals surface area contributed by atoms with E-state index in [0.717, 1.165) is 15.6 Å². The fourth-order valence-corrected chi connectivity index (χ4v) is 2.46. The fourth-order valence-electron chi connectivity index (χ4n) is 2.19. The minimum Gasteiger partial charge on any atom is -0.444 e. The number of carbonyl (C=O) groups excluding carboxylic acids is 1. The van der Waals surface area contributed by atoms with E-state index in [9.17, 15) is 4.79 Å². The van der Waals surface area contributed by atoms with Crippen LogP contribution in [0.1, 0.15) is 11.1 Å². The summed E-state index contributed by atoms with van der Waals surface area (Å²) in [4.78, 5) is 12.0. The average Bonchev–Trinajstić information content (AvgIpc) is 3.03. The second-order valence-corrected chi connectivity index (χ2v) is 6.10. The molecule has 3 aromatic rings. The number of hydrogen-bond acceptors (Lipinski definition) is 3. The van der Waals surface area contributed by atoms with Gasteiger partial charge in [0.25, 0.3) is 0 Å². The molecule has 0 spiro atoms. The highest BCUT2D eigenvalue weighted by atomic mass is 79.9. The van der Waals surface area contributed by atoms with Gasteiger partial charge in [-0.1, -0.05) is 58.4 Å². The Bertz CT molecular complexity index is 801. The van der Waals surface area contributed by atoms with Crippen LogP contribution in [0.2, 0.25) is 0 Å². The third kappa shape index (κ3) is 4.45. The number of nitrogens with one attached hydrogen (secondary N) is 1. The number of amides is 1. The van der Waals surface area contributed by atoms with Crippen molar-refractivity contribution in [3.8, 4) is 0 Å². The van der Waals surface area contributed by atoms with Crippen LogP contribution in [-0.4, -0.2) is 15.9 Å². The minimum absolute atomic E-state index is 0.230. The molecule has 0 saturated heterocycles. The molecular weight excluding hydrogens is 370 g/mol. The lowest BCUT2D eigenvalue weighted by atomic mass is 10.2. The first kappa shape index (κ1) is 16.3. The van der Waals surface area contributed by atoms with Crippen molar-refractivity contribution in [2.75, 3.05) is 5.32 Å². The smallest absolute Gasteiger partial charge is 0.413 e. The summed E-state index contributed by atoms with van der Waals surface area (Å²) in [6, 6.07) is 19.2. The third-order valence-corrected chi connectivity index (χ3v) is 3.93. The van der Waals surface area contributed by atoms with Gasteiger partial charge in [0.1, 0.15) is 12.4 Å². The molecule has 6 heteroatoms. The molecule has 2 aromatic carbocycles. The van der Waals surface area contributed by atoms with Gasteiger partial charge in [0.05, 0.1) is 12.7 Å². The van der Waals surface area contributed by atoms with Gasteiger partial charge in [-0.3, -0.25) is 5.32 Å². The van der Waals surface area contributed by atoms with E-state index in [2.05, 4.69) is 26.3 Å². The van der Waals surface area contributed by atoms with E-state index in [-0.39, 0.29) is 6.61 Å². The second-order valence-electron chi connectivity index (χ2n) is 5.19. The molecule has 0 bridgehead atoms. The van der Waals surface area contributed by atoms with E-state index in [4.69, 9.17) is 4.74 Å². The molecule has 1 aromatic heterocycles. The van der Waals surface area contributed by atoms with Gasteiger partial charge in [-0.15, -0.1) is 0 Å². The predicted octanol–water partition coefficient (Wildman–Crippen LogP) is 4.44. The monoisotopic (exact) mass is 385 g/mol. The molecule has 0 unspecified atom stereocenters. The summed E-state index contributed by atoms with van der Waals surface area (Å²) in [7, 11) is 0. The van der Waals surface area contributed by atoms with E-state index >= 15 is 0 Å². The maximum absolute atomic E-state index is 12.0. The van der Waals surface area contributed by atoms with Crippen LogP contribution < -0.4 is 5.32 Å². The SMILES string of the molecule is O=C(Nc1ccnn1Cc1ccc(Br)cc1)OCc1ccccc1. The van der Waals surface area contributed by atoms with Crippen LogP contribution >= 0.6 is 15.9 Å². The first-order chi connectivity index (χ1) is 11.7. The molecule has 1 N–H and O–H groups in total. The molecule has 0 aliphatic carbocycles. The van der Waals surface area contributed by atoms with Gasteiger partial charge >= 0.3 is 6.09 Å². The van der Waals surface area contributed by atoms with E-state index in [1.54, 1.807) is 16.9 Å². The Balaban J connectivity index is 1.58. The van der Waals surface area contributed by atoms with Crippen LogP contribution in [-0.2, 0) is 17.9 Å². The van der Waals surface area contributed by atoms with Crippen LogP contribution in [0, 0.1) is 0 Å². The maximum Gasteiger partial charge on any atom is 0.413 e. The second kappa shape index (κ2) is 7.79. The van der Waals surface area contributed by atoms with E-state index in [0.29, 0.717) is 12.4 Å². The maximum atomic E-state index is 12.0. The molecule has 0 radical (unpaired) electrons. The summed E-state index contributed by atoms with van der Waals surface area (Å²) in [6.07, 6.45) is 1.14. The van der Waals surface area contributed by atoms with E-state index in [1.807, 2.05) is 54.6 Å². The lowest BCUT2D eigenvalue weighted by Gasteiger charge is -2.10. The summed E-state index contributed by atoms with van der Waals surface area (Å²) >= 11 is 3.41. The molecule has 0 atom stereocenters. The minimum atomic E-state index is -0.503. The van der Waals surface area contributed by atoms with Gasteiger partial charge in [-0.25, -0.2) is 9.48 Å². The number of benzene rings is 2. The largest absolute Gasteiger partial charge is 0.444 e. The lowest BCUT2D eigenvalue weighted by Crippen LogP contribution is -2.17. The molecule has 1 heterocycles. The standard InChI is InChI=1S/C18H16BrN3O2/c19-16-8-6-14(7-9-16)12-22-17(10-11-20-22)21-18(23)24-13-15-4-2-1-3-5-15/h1-11H,12-13H2,(H,21,23). The van der Waals surface area contributed by atoms with Crippen LogP contribution in [0.4, 0.5) is 10.6 Å². The number of nitrogens with zero attached hydrogens (tertiary/aromatic N) is 2.